The van der Waals surface area contributed by atoms with Crippen LogP contribution < -0.4 is 10.7 Å². The van der Waals surface area contributed by atoms with Gasteiger partial charge in [-0.1, -0.05) is 0 Å². The molecule has 1 heterocycles. The first kappa shape index (κ1) is 8.32. The van der Waals surface area contributed by atoms with Gasteiger partial charge in [0.05, 0.1) is 11.5 Å². The number of hydrogen-bond donors (Lipinski definition) is 2. The van der Waals surface area contributed by atoms with E-state index >= 15 is 0 Å². The van der Waals surface area contributed by atoms with Crippen molar-refractivity contribution in [1.29, 1.82) is 0 Å². The lowest BCUT2D eigenvalue weighted by Crippen LogP contribution is -2.25. The van der Waals surface area contributed by atoms with Crippen molar-refractivity contribution < 1.29 is 15.0 Å². The highest BCUT2D eigenvalue weighted by atomic mass is 16.4. The van der Waals surface area contributed by atoms with Gasteiger partial charge in [0, 0.05) is 6.07 Å². The number of carbonyl (C=O) groups is 1. The Balaban J connectivity index is 3.48. The fraction of sp³-hybridized carbons (Fsp3) is 0.143. The third-order valence-corrected chi connectivity index (χ3v) is 1.42. The number of H-pyrrole nitrogens is 1. The molecular formula is C7H6NO4-. The van der Waals surface area contributed by atoms with E-state index in [4.69, 9.17) is 5.11 Å². The van der Waals surface area contributed by atoms with Gasteiger partial charge in [-0.2, -0.15) is 0 Å². The normalized spacial score (nSPS) is 9.75. The Hall–Kier alpha value is -1.78. The van der Waals surface area contributed by atoms with E-state index in [1.807, 2.05) is 4.98 Å². The summed E-state index contributed by atoms with van der Waals surface area (Å²) in [5, 5.41) is 19.3. The predicted molar refractivity (Wildman–Crippen MR) is 37.8 cm³/mol. The summed E-state index contributed by atoms with van der Waals surface area (Å²) >= 11 is 0. The average molecular weight is 168 g/mol. The van der Waals surface area contributed by atoms with Crippen LogP contribution in [0.5, 0.6) is 5.88 Å². The topological polar surface area (TPSA) is 93.2 Å². The molecule has 0 amide bonds. The first-order chi connectivity index (χ1) is 5.52. The van der Waals surface area contributed by atoms with Crippen LogP contribution in [-0.4, -0.2) is 16.1 Å². The summed E-state index contributed by atoms with van der Waals surface area (Å²) in [4.78, 5) is 23.0. The lowest BCUT2D eigenvalue weighted by Gasteiger charge is -2.06. The van der Waals surface area contributed by atoms with Crippen LogP contribution in [0.2, 0.25) is 0 Å². The molecule has 2 N–H and O–H groups in total. The fourth-order valence-electron chi connectivity index (χ4n) is 0.929. The molecule has 0 fully saturated rings. The average Bonchev–Trinajstić information content (AvgIpc) is 1.82. The molecule has 0 spiro atoms. The molecule has 0 atom stereocenters. The van der Waals surface area contributed by atoms with Gasteiger partial charge in [-0.25, -0.2) is 0 Å². The summed E-state index contributed by atoms with van der Waals surface area (Å²) < 4.78 is 0. The van der Waals surface area contributed by atoms with Gasteiger partial charge in [0.2, 0.25) is 5.88 Å². The van der Waals surface area contributed by atoms with Gasteiger partial charge < -0.3 is 15.0 Å². The molecule has 0 unspecified atom stereocenters. The number of nitrogens with one attached hydrogen (secondary N) is 1. The van der Waals surface area contributed by atoms with E-state index in [9.17, 15) is 14.7 Å². The number of pyridine rings is 1. The molecule has 0 radical (unpaired) electrons. The van der Waals surface area contributed by atoms with Crippen molar-refractivity contribution in [3.8, 4) is 5.88 Å². The SMILES string of the molecule is Cc1cc(=O)[nH]c(O)c1C(=O)[O-]. The van der Waals surface area contributed by atoms with E-state index in [-0.39, 0.29) is 11.1 Å². The van der Waals surface area contributed by atoms with Gasteiger partial charge in [0.25, 0.3) is 5.56 Å². The molecule has 0 aliphatic carbocycles. The van der Waals surface area contributed by atoms with Crippen molar-refractivity contribution in [3.63, 3.8) is 0 Å². The molecule has 5 nitrogen and oxygen atoms in total. The lowest BCUT2D eigenvalue weighted by atomic mass is 10.1. The van der Waals surface area contributed by atoms with Crippen LogP contribution in [0.15, 0.2) is 10.9 Å². The maximum atomic E-state index is 10.7. The van der Waals surface area contributed by atoms with E-state index in [2.05, 4.69) is 0 Å². The zero-order chi connectivity index (χ0) is 9.30. The number of aromatic hydroxyl groups is 1. The Morgan fingerprint density at radius 1 is 1.67 bits per heavy atom. The van der Waals surface area contributed by atoms with E-state index in [0.29, 0.717) is 0 Å². The molecular weight excluding hydrogens is 162 g/mol. The van der Waals surface area contributed by atoms with Gasteiger partial charge in [-0.05, 0) is 12.5 Å². The Labute approximate surface area is 67.3 Å². The zero-order valence-electron chi connectivity index (χ0n) is 6.25. The summed E-state index contributed by atoms with van der Waals surface area (Å²) in [6.45, 7) is 1.40. The molecule has 5 heteroatoms. The number of carbonyl (C=O) groups excluding carboxylic acids is 1. The number of aromatic carboxylic acids is 1. The van der Waals surface area contributed by atoms with E-state index in [0.717, 1.165) is 6.07 Å². The van der Waals surface area contributed by atoms with Crippen LogP contribution in [0.4, 0.5) is 0 Å². The Morgan fingerprint density at radius 3 is 2.67 bits per heavy atom. The highest BCUT2D eigenvalue weighted by Crippen LogP contribution is 2.13. The summed E-state index contributed by atoms with van der Waals surface area (Å²) in [6, 6.07) is 1.07. The van der Waals surface area contributed by atoms with Gasteiger partial charge in [-0.15, -0.1) is 0 Å². The summed E-state index contributed by atoms with van der Waals surface area (Å²) in [5.41, 5.74) is -0.749. The number of carboxylic acid groups (broad SMARTS) is 1. The van der Waals surface area contributed by atoms with Gasteiger partial charge >= 0.3 is 0 Å². The summed E-state index contributed by atoms with van der Waals surface area (Å²) in [5.74, 6) is -2.18. The molecule has 12 heavy (non-hydrogen) atoms. The maximum absolute atomic E-state index is 10.7. The smallest absolute Gasteiger partial charge is 0.250 e. The minimum absolute atomic E-state index is 0.177. The standard InChI is InChI=1S/C7H7NO4/c1-3-2-4(9)8-6(10)5(3)7(11)12/h2H,1H3,(H,11,12)(H2,8,9,10)/p-1. The van der Waals surface area contributed by atoms with Crippen LogP contribution in [-0.2, 0) is 0 Å². The highest BCUT2D eigenvalue weighted by Gasteiger charge is 2.06. The molecule has 1 rings (SSSR count). The molecule has 64 valence electrons. The Kier molecular flexibility index (Phi) is 1.86. The number of aryl methyl sites for hydroxylation is 1. The molecule has 0 aromatic carbocycles. The number of carboxylic acids is 1. The minimum atomic E-state index is -1.51. The molecule has 0 saturated carbocycles. The second-order valence-electron chi connectivity index (χ2n) is 2.33. The first-order valence-corrected chi connectivity index (χ1v) is 3.16. The predicted octanol–water partition coefficient (Wildman–Crippen LogP) is -1.25. The second-order valence-corrected chi connectivity index (χ2v) is 2.33. The quantitative estimate of drug-likeness (QED) is 0.548. The minimum Gasteiger partial charge on any atom is -0.545 e. The van der Waals surface area contributed by atoms with Crippen molar-refractivity contribution in [2.75, 3.05) is 0 Å². The molecule has 0 saturated heterocycles. The van der Waals surface area contributed by atoms with Crippen LogP contribution >= 0.6 is 0 Å². The number of rotatable bonds is 1. The van der Waals surface area contributed by atoms with E-state index < -0.39 is 17.4 Å². The highest BCUT2D eigenvalue weighted by molar-refractivity contribution is 5.89. The lowest BCUT2D eigenvalue weighted by molar-refractivity contribution is -0.255. The van der Waals surface area contributed by atoms with Crippen molar-refractivity contribution >= 4 is 5.97 Å². The van der Waals surface area contributed by atoms with E-state index in [1.54, 1.807) is 0 Å². The third kappa shape index (κ3) is 1.29. The molecule has 0 aliphatic rings. The largest absolute Gasteiger partial charge is 0.545 e. The van der Waals surface area contributed by atoms with E-state index in [1.165, 1.54) is 6.92 Å². The molecule has 0 bridgehead atoms. The molecule has 1 aromatic heterocycles. The van der Waals surface area contributed by atoms with Crippen molar-refractivity contribution in [1.82, 2.24) is 4.98 Å². The molecule has 1 aromatic rings. The van der Waals surface area contributed by atoms with Crippen molar-refractivity contribution in [2.45, 2.75) is 6.92 Å². The fourth-order valence-corrected chi connectivity index (χ4v) is 0.929. The summed E-state index contributed by atoms with van der Waals surface area (Å²) in [7, 11) is 0. The van der Waals surface area contributed by atoms with Gasteiger partial charge in [0.1, 0.15) is 0 Å². The Morgan fingerprint density at radius 2 is 2.25 bits per heavy atom. The third-order valence-electron chi connectivity index (χ3n) is 1.42. The van der Waals surface area contributed by atoms with Crippen LogP contribution in [0.3, 0.4) is 0 Å². The van der Waals surface area contributed by atoms with Crippen LogP contribution in [0.1, 0.15) is 15.9 Å². The van der Waals surface area contributed by atoms with Crippen molar-refractivity contribution in [2.24, 2.45) is 0 Å². The Bertz CT molecular complexity index is 353. The second kappa shape index (κ2) is 2.69. The summed E-state index contributed by atoms with van der Waals surface area (Å²) in [6.07, 6.45) is 0. The number of aromatic nitrogens is 1. The van der Waals surface area contributed by atoms with Crippen molar-refractivity contribution in [3.05, 3.63) is 27.5 Å². The van der Waals surface area contributed by atoms with Gasteiger partial charge in [-0.3, -0.25) is 9.78 Å². The number of hydrogen-bond acceptors (Lipinski definition) is 4. The first-order valence-electron chi connectivity index (χ1n) is 3.16. The monoisotopic (exact) mass is 168 g/mol. The zero-order valence-corrected chi connectivity index (χ0v) is 6.25. The van der Waals surface area contributed by atoms with Crippen LogP contribution in [0, 0.1) is 6.92 Å². The maximum Gasteiger partial charge on any atom is 0.250 e. The molecule has 0 aliphatic heterocycles. The number of aromatic amines is 1. The van der Waals surface area contributed by atoms with Gasteiger partial charge in [0.15, 0.2) is 0 Å². The van der Waals surface area contributed by atoms with Crippen LogP contribution in [0.25, 0.3) is 0 Å².